The number of oxazole rings is 1. The molecule has 0 saturated heterocycles. The molecule has 0 radical (unpaired) electrons. The molecule has 4 nitrogen and oxygen atoms in total. The lowest BCUT2D eigenvalue weighted by Crippen LogP contribution is -1.94. The Labute approximate surface area is 187 Å². The average Bonchev–Trinajstić information content (AvgIpc) is 3.55. The lowest BCUT2D eigenvalue weighted by molar-refractivity contribution is 0.573. The first kappa shape index (κ1) is 17.0. The number of aromatic nitrogens is 2. The molecule has 4 heteroatoms. The Morgan fingerprint density at radius 1 is 0.545 bits per heavy atom. The van der Waals surface area contributed by atoms with Crippen molar-refractivity contribution >= 4 is 65.6 Å². The third kappa shape index (κ3) is 2.12. The second-order valence-corrected chi connectivity index (χ2v) is 8.39. The van der Waals surface area contributed by atoms with Crippen molar-refractivity contribution in [3.8, 4) is 6.01 Å². The highest BCUT2D eigenvalue weighted by Crippen LogP contribution is 2.45. The van der Waals surface area contributed by atoms with Crippen LogP contribution in [0.2, 0.25) is 0 Å². The van der Waals surface area contributed by atoms with Gasteiger partial charge in [0, 0.05) is 21.5 Å². The number of para-hydroxylation sites is 4. The van der Waals surface area contributed by atoms with Crippen molar-refractivity contribution in [2.45, 2.75) is 0 Å². The zero-order valence-electron chi connectivity index (χ0n) is 17.4. The maximum absolute atomic E-state index is 6.55. The van der Waals surface area contributed by atoms with Gasteiger partial charge in [-0.15, -0.1) is 0 Å². The van der Waals surface area contributed by atoms with E-state index < -0.39 is 0 Å². The van der Waals surface area contributed by atoms with E-state index in [1.54, 1.807) is 0 Å². The molecule has 0 aliphatic heterocycles. The molecule has 8 rings (SSSR count). The second-order valence-electron chi connectivity index (χ2n) is 8.39. The van der Waals surface area contributed by atoms with Gasteiger partial charge in [-0.3, -0.25) is 4.57 Å². The first-order valence-corrected chi connectivity index (χ1v) is 11.0. The molecule has 0 unspecified atom stereocenters. The summed E-state index contributed by atoms with van der Waals surface area (Å²) in [5.74, 6) is 0. The van der Waals surface area contributed by atoms with Crippen LogP contribution in [0.1, 0.15) is 0 Å². The molecule has 33 heavy (non-hydrogen) atoms. The fourth-order valence-corrected chi connectivity index (χ4v) is 5.28. The van der Waals surface area contributed by atoms with Gasteiger partial charge in [0.25, 0.3) is 0 Å². The van der Waals surface area contributed by atoms with Gasteiger partial charge in [-0.05, 0) is 35.0 Å². The number of hydrogen-bond donors (Lipinski definition) is 0. The van der Waals surface area contributed by atoms with Gasteiger partial charge in [-0.25, -0.2) is 0 Å². The normalized spacial score (nSPS) is 12.2. The third-order valence-electron chi connectivity index (χ3n) is 6.62. The molecule has 0 aliphatic carbocycles. The molecule has 5 aromatic carbocycles. The molecule has 3 heterocycles. The monoisotopic (exact) mass is 424 g/mol. The van der Waals surface area contributed by atoms with Gasteiger partial charge < -0.3 is 8.83 Å². The van der Waals surface area contributed by atoms with Crippen LogP contribution in [0.15, 0.2) is 106 Å². The van der Waals surface area contributed by atoms with E-state index in [9.17, 15) is 0 Å². The van der Waals surface area contributed by atoms with Crippen molar-refractivity contribution in [3.63, 3.8) is 0 Å². The predicted octanol–water partition coefficient (Wildman–Crippen LogP) is 7.98. The summed E-state index contributed by atoms with van der Waals surface area (Å²) in [6.07, 6.45) is 0. The fourth-order valence-electron chi connectivity index (χ4n) is 5.28. The summed E-state index contributed by atoms with van der Waals surface area (Å²) in [6.45, 7) is 0. The number of rotatable bonds is 1. The summed E-state index contributed by atoms with van der Waals surface area (Å²) >= 11 is 0. The van der Waals surface area contributed by atoms with Crippen molar-refractivity contribution in [2.75, 3.05) is 0 Å². The van der Waals surface area contributed by atoms with E-state index in [0.29, 0.717) is 6.01 Å². The molecule has 154 valence electrons. The van der Waals surface area contributed by atoms with Crippen molar-refractivity contribution in [1.29, 1.82) is 0 Å². The molecule has 0 aliphatic rings. The molecular weight excluding hydrogens is 408 g/mol. The van der Waals surface area contributed by atoms with Crippen molar-refractivity contribution in [1.82, 2.24) is 9.55 Å². The molecule has 0 bridgehead atoms. The van der Waals surface area contributed by atoms with Crippen LogP contribution in [0.5, 0.6) is 0 Å². The van der Waals surface area contributed by atoms with Crippen molar-refractivity contribution < 1.29 is 8.83 Å². The largest absolute Gasteiger partial charge is 0.454 e. The van der Waals surface area contributed by atoms with Crippen molar-refractivity contribution in [3.05, 3.63) is 97.1 Å². The highest BCUT2D eigenvalue weighted by molar-refractivity contribution is 6.34. The van der Waals surface area contributed by atoms with E-state index in [1.807, 2.05) is 36.4 Å². The summed E-state index contributed by atoms with van der Waals surface area (Å²) in [5.41, 5.74) is 5.34. The van der Waals surface area contributed by atoms with Crippen LogP contribution in [0.4, 0.5) is 0 Å². The van der Waals surface area contributed by atoms with Gasteiger partial charge in [0.1, 0.15) is 16.6 Å². The number of furan rings is 1. The van der Waals surface area contributed by atoms with Crippen LogP contribution >= 0.6 is 0 Å². The van der Waals surface area contributed by atoms with Gasteiger partial charge in [0.15, 0.2) is 11.2 Å². The third-order valence-corrected chi connectivity index (χ3v) is 6.62. The number of nitrogens with zero attached hydrogens (tertiary/aromatic N) is 2. The van der Waals surface area contributed by atoms with Crippen molar-refractivity contribution in [2.24, 2.45) is 0 Å². The molecule has 0 atom stereocenters. The van der Waals surface area contributed by atoms with E-state index in [0.717, 1.165) is 54.8 Å². The SMILES string of the molecule is c1ccc2oc(-n3c4ccccc4c4c5ccccc5c5c6ccccc6oc5c43)nc2c1. The minimum Gasteiger partial charge on any atom is -0.454 e. The molecule has 3 aromatic heterocycles. The number of fused-ring (bicyclic) bond motifs is 11. The standard InChI is InChI=1S/C29H16N2O2/c1-2-10-18-17(9-1)25-19-11-3-6-14-22(19)31(29-30-21-13-5-8-16-24(21)33-29)27(25)28-26(18)20-12-4-7-15-23(20)32-28/h1-16H. The summed E-state index contributed by atoms with van der Waals surface area (Å²) < 4.78 is 14.9. The molecule has 0 amide bonds. The molecule has 0 fully saturated rings. The minimum absolute atomic E-state index is 0.541. The van der Waals surface area contributed by atoms with Gasteiger partial charge in [0.2, 0.25) is 0 Å². The van der Waals surface area contributed by atoms with Gasteiger partial charge in [0.05, 0.1) is 5.52 Å². The number of benzene rings is 5. The first-order valence-electron chi connectivity index (χ1n) is 11.0. The first-order chi connectivity index (χ1) is 16.4. The smallest absolute Gasteiger partial charge is 0.307 e. The molecule has 0 spiro atoms. The lowest BCUT2D eigenvalue weighted by atomic mass is 9.99. The van der Waals surface area contributed by atoms with Crippen LogP contribution in [0, 0.1) is 0 Å². The minimum atomic E-state index is 0.541. The van der Waals surface area contributed by atoms with Crippen LogP contribution in [0.3, 0.4) is 0 Å². The zero-order chi connectivity index (χ0) is 21.5. The van der Waals surface area contributed by atoms with Crippen LogP contribution < -0.4 is 0 Å². The highest BCUT2D eigenvalue weighted by atomic mass is 16.4. The topological polar surface area (TPSA) is 44.1 Å². The highest BCUT2D eigenvalue weighted by Gasteiger charge is 2.24. The Morgan fingerprint density at radius 3 is 2.00 bits per heavy atom. The number of hydrogen-bond acceptors (Lipinski definition) is 3. The zero-order valence-corrected chi connectivity index (χ0v) is 17.4. The predicted molar refractivity (Wildman–Crippen MR) is 133 cm³/mol. The maximum Gasteiger partial charge on any atom is 0.307 e. The van der Waals surface area contributed by atoms with E-state index in [4.69, 9.17) is 13.8 Å². The second kappa shape index (κ2) is 6.02. The average molecular weight is 424 g/mol. The van der Waals surface area contributed by atoms with Gasteiger partial charge in [-0.1, -0.05) is 72.8 Å². The van der Waals surface area contributed by atoms with E-state index >= 15 is 0 Å². The summed E-state index contributed by atoms with van der Waals surface area (Å²) in [5, 5.41) is 6.90. The summed E-state index contributed by atoms with van der Waals surface area (Å²) in [7, 11) is 0. The lowest BCUT2D eigenvalue weighted by Gasteiger charge is -2.06. The fraction of sp³-hybridized carbons (Fsp3) is 0. The van der Waals surface area contributed by atoms with E-state index in [1.165, 1.54) is 10.8 Å². The molecular formula is C29H16N2O2. The van der Waals surface area contributed by atoms with Gasteiger partial charge >= 0.3 is 6.01 Å². The Morgan fingerprint density at radius 2 is 1.18 bits per heavy atom. The Hall–Kier alpha value is -4.57. The summed E-state index contributed by atoms with van der Waals surface area (Å²) in [6, 6.07) is 33.6. The Balaban J connectivity index is 1.72. The van der Waals surface area contributed by atoms with Crippen LogP contribution in [0.25, 0.3) is 71.6 Å². The van der Waals surface area contributed by atoms with E-state index in [2.05, 4.69) is 65.2 Å². The van der Waals surface area contributed by atoms with Gasteiger partial charge in [-0.2, -0.15) is 4.98 Å². The quantitative estimate of drug-likeness (QED) is 0.268. The molecule has 0 N–H and O–H groups in total. The Bertz CT molecular complexity index is 2000. The van der Waals surface area contributed by atoms with Crippen LogP contribution in [-0.4, -0.2) is 9.55 Å². The molecule has 8 aromatic rings. The van der Waals surface area contributed by atoms with E-state index in [-0.39, 0.29) is 0 Å². The van der Waals surface area contributed by atoms with Crippen LogP contribution in [-0.2, 0) is 0 Å². The Kier molecular flexibility index (Phi) is 3.11. The molecule has 0 saturated carbocycles. The maximum atomic E-state index is 6.55. The summed E-state index contributed by atoms with van der Waals surface area (Å²) in [4.78, 5) is 4.85.